The Hall–Kier alpha value is -1.10. The van der Waals surface area contributed by atoms with Crippen molar-refractivity contribution < 1.29 is 9.94 Å². The van der Waals surface area contributed by atoms with Crippen molar-refractivity contribution in [1.82, 2.24) is 4.90 Å². The molecule has 1 aromatic carbocycles. The Morgan fingerprint density at radius 1 is 1.29 bits per heavy atom. The van der Waals surface area contributed by atoms with Crippen LogP contribution >= 0.6 is 11.6 Å². The summed E-state index contributed by atoms with van der Waals surface area (Å²) in [4.78, 5) is 2.20. The van der Waals surface area contributed by atoms with Gasteiger partial charge in [-0.3, -0.25) is 4.90 Å². The van der Waals surface area contributed by atoms with Crippen LogP contribution < -0.4 is 0 Å². The second-order valence-corrected chi connectivity index (χ2v) is 4.38. The van der Waals surface area contributed by atoms with Crippen molar-refractivity contribution in [3.8, 4) is 0 Å². The third kappa shape index (κ3) is 3.43. The van der Waals surface area contributed by atoms with Gasteiger partial charge in [-0.05, 0) is 12.1 Å². The number of hydrogen-bond acceptors (Lipinski definition) is 4. The van der Waals surface area contributed by atoms with Gasteiger partial charge in [0.2, 0.25) is 0 Å². The molecule has 0 saturated carbocycles. The van der Waals surface area contributed by atoms with Gasteiger partial charge in [0.15, 0.2) is 0 Å². The number of nitrogens with zero attached hydrogens (tertiary/aromatic N) is 2. The second kappa shape index (κ2) is 6.00. The summed E-state index contributed by atoms with van der Waals surface area (Å²) in [6.45, 7) is 3.83. The summed E-state index contributed by atoms with van der Waals surface area (Å²) < 4.78 is 5.27. The molecule has 0 atom stereocenters. The van der Waals surface area contributed by atoms with Crippen LogP contribution in [0.3, 0.4) is 0 Å². The molecular formula is C12H15ClN2O2. The number of rotatable bonds is 3. The van der Waals surface area contributed by atoms with Gasteiger partial charge in [0.05, 0.1) is 13.2 Å². The Morgan fingerprint density at radius 2 is 1.94 bits per heavy atom. The van der Waals surface area contributed by atoms with Crippen molar-refractivity contribution in [2.45, 2.75) is 0 Å². The predicted octanol–water partition coefficient (Wildman–Crippen LogP) is 1.85. The summed E-state index contributed by atoms with van der Waals surface area (Å²) in [7, 11) is 0. The molecule has 1 N–H and O–H groups in total. The summed E-state index contributed by atoms with van der Waals surface area (Å²) in [6.07, 6.45) is 0. The molecular weight excluding hydrogens is 240 g/mol. The lowest BCUT2D eigenvalue weighted by molar-refractivity contribution is 0.0450. The standard InChI is InChI=1S/C12H15ClN2O2/c13-11-3-1-10(2-4-11)12(14-16)9-15-5-7-17-8-6-15/h1-4,16H,5-9H2/b14-12+. The molecule has 1 aromatic rings. The zero-order valence-corrected chi connectivity index (χ0v) is 10.2. The van der Waals surface area contributed by atoms with E-state index < -0.39 is 0 Å². The highest BCUT2D eigenvalue weighted by Gasteiger charge is 2.14. The third-order valence-corrected chi connectivity index (χ3v) is 3.03. The van der Waals surface area contributed by atoms with Crippen molar-refractivity contribution in [1.29, 1.82) is 0 Å². The molecule has 0 spiro atoms. The third-order valence-electron chi connectivity index (χ3n) is 2.78. The van der Waals surface area contributed by atoms with Crippen LogP contribution in [0.2, 0.25) is 5.02 Å². The molecule has 1 aliphatic heterocycles. The van der Waals surface area contributed by atoms with Crippen LogP contribution in [0.4, 0.5) is 0 Å². The van der Waals surface area contributed by atoms with Gasteiger partial charge in [-0.1, -0.05) is 28.9 Å². The number of halogens is 1. The molecule has 0 unspecified atom stereocenters. The monoisotopic (exact) mass is 254 g/mol. The van der Waals surface area contributed by atoms with Crippen LogP contribution in [-0.2, 0) is 4.74 Å². The van der Waals surface area contributed by atoms with Gasteiger partial charge in [-0.2, -0.15) is 0 Å². The van der Waals surface area contributed by atoms with Crippen molar-refractivity contribution in [3.05, 3.63) is 34.9 Å². The van der Waals surface area contributed by atoms with E-state index >= 15 is 0 Å². The second-order valence-electron chi connectivity index (χ2n) is 3.94. The Labute approximate surface area is 105 Å². The molecule has 1 aliphatic rings. The highest BCUT2D eigenvalue weighted by molar-refractivity contribution is 6.30. The largest absolute Gasteiger partial charge is 0.411 e. The highest BCUT2D eigenvalue weighted by Crippen LogP contribution is 2.11. The average Bonchev–Trinajstić information content (AvgIpc) is 2.38. The van der Waals surface area contributed by atoms with Crippen LogP contribution in [-0.4, -0.2) is 48.7 Å². The first-order valence-corrected chi connectivity index (χ1v) is 5.94. The lowest BCUT2D eigenvalue weighted by Gasteiger charge is -2.26. The number of hydrogen-bond donors (Lipinski definition) is 1. The molecule has 2 rings (SSSR count). The molecule has 0 bridgehead atoms. The van der Waals surface area contributed by atoms with Crippen molar-refractivity contribution in [2.24, 2.45) is 5.16 Å². The highest BCUT2D eigenvalue weighted by atomic mass is 35.5. The first kappa shape index (κ1) is 12.4. The Morgan fingerprint density at radius 3 is 2.53 bits per heavy atom. The van der Waals surface area contributed by atoms with Crippen molar-refractivity contribution in [3.63, 3.8) is 0 Å². The predicted molar refractivity (Wildman–Crippen MR) is 67.0 cm³/mol. The number of benzene rings is 1. The van der Waals surface area contributed by atoms with Crippen LogP contribution in [0.15, 0.2) is 29.4 Å². The average molecular weight is 255 g/mol. The quantitative estimate of drug-likeness (QED) is 0.509. The zero-order valence-electron chi connectivity index (χ0n) is 9.47. The molecule has 4 nitrogen and oxygen atoms in total. The fourth-order valence-corrected chi connectivity index (χ4v) is 1.92. The Balaban J connectivity index is 2.03. The van der Waals surface area contributed by atoms with E-state index in [9.17, 15) is 0 Å². The van der Waals surface area contributed by atoms with Gasteiger partial charge in [-0.25, -0.2) is 0 Å². The molecule has 0 radical (unpaired) electrons. The van der Waals surface area contributed by atoms with Gasteiger partial charge in [-0.15, -0.1) is 0 Å². The Kier molecular flexibility index (Phi) is 4.36. The zero-order chi connectivity index (χ0) is 12.1. The minimum atomic E-state index is 0.626. The van der Waals surface area contributed by atoms with E-state index in [1.54, 1.807) is 12.1 Å². The summed E-state index contributed by atoms with van der Waals surface area (Å²) in [5.74, 6) is 0. The summed E-state index contributed by atoms with van der Waals surface area (Å²) in [5, 5.41) is 13.1. The maximum Gasteiger partial charge on any atom is 0.101 e. The van der Waals surface area contributed by atoms with Crippen molar-refractivity contribution in [2.75, 3.05) is 32.8 Å². The minimum Gasteiger partial charge on any atom is -0.411 e. The van der Waals surface area contributed by atoms with Crippen LogP contribution in [0.25, 0.3) is 0 Å². The van der Waals surface area contributed by atoms with Crippen LogP contribution in [0.5, 0.6) is 0 Å². The van der Waals surface area contributed by atoms with Crippen molar-refractivity contribution >= 4 is 17.3 Å². The molecule has 92 valence electrons. The maximum atomic E-state index is 9.08. The van der Waals surface area contributed by atoms with Gasteiger partial charge in [0.25, 0.3) is 0 Å². The first-order chi connectivity index (χ1) is 8.29. The molecule has 1 heterocycles. The number of ether oxygens (including phenoxy) is 1. The molecule has 0 amide bonds. The Bertz CT molecular complexity index is 386. The summed E-state index contributed by atoms with van der Waals surface area (Å²) >= 11 is 5.82. The lowest BCUT2D eigenvalue weighted by Crippen LogP contribution is -2.39. The first-order valence-electron chi connectivity index (χ1n) is 5.56. The molecule has 0 aliphatic carbocycles. The lowest BCUT2D eigenvalue weighted by atomic mass is 10.1. The summed E-state index contributed by atoms with van der Waals surface area (Å²) in [6, 6.07) is 7.30. The molecule has 5 heteroatoms. The molecule has 1 saturated heterocycles. The van der Waals surface area contributed by atoms with E-state index in [4.69, 9.17) is 21.5 Å². The van der Waals surface area contributed by atoms with E-state index in [-0.39, 0.29) is 0 Å². The molecule has 0 aromatic heterocycles. The van der Waals surface area contributed by atoms with E-state index in [1.807, 2.05) is 12.1 Å². The van der Waals surface area contributed by atoms with E-state index in [2.05, 4.69) is 10.1 Å². The topological polar surface area (TPSA) is 45.1 Å². The van der Waals surface area contributed by atoms with E-state index in [0.717, 1.165) is 31.9 Å². The smallest absolute Gasteiger partial charge is 0.101 e. The fraction of sp³-hybridized carbons (Fsp3) is 0.417. The summed E-state index contributed by atoms with van der Waals surface area (Å²) in [5.41, 5.74) is 1.55. The number of oxime groups is 1. The van der Waals surface area contributed by atoms with Crippen LogP contribution in [0.1, 0.15) is 5.56 Å². The maximum absolute atomic E-state index is 9.08. The van der Waals surface area contributed by atoms with Gasteiger partial charge in [0.1, 0.15) is 5.71 Å². The molecule has 1 fully saturated rings. The van der Waals surface area contributed by atoms with Gasteiger partial charge < -0.3 is 9.94 Å². The van der Waals surface area contributed by atoms with E-state index in [1.165, 1.54) is 0 Å². The van der Waals surface area contributed by atoms with Crippen LogP contribution in [0, 0.1) is 0 Å². The van der Waals surface area contributed by atoms with Gasteiger partial charge in [0, 0.05) is 30.2 Å². The minimum absolute atomic E-state index is 0.626. The fourth-order valence-electron chi connectivity index (χ4n) is 1.79. The van der Waals surface area contributed by atoms with E-state index in [0.29, 0.717) is 17.3 Å². The molecule has 17 heavy (non-hydrogen) atoms. The van der Waals surface area contributed by atoms with Gasteiger partial charge >= 0.3 is 0 Å². The number of morpholine rings is 1. The normalized spacial score (nSPS) is 18.3. The SMILES string of the molecule is O/N=C(\CN1CCOCC1)c1ccc(Cl)cc1.